The predicted molar refractivity (Wildman–Crippen MR) is 66.5 cm³/mol. The molecule has 1 N–H and O–H groups in total. The summed E-state index contributed by atoms with van der Waals surface area (Å²) in [7, 11) is 0. The Hall–Kier alpha value is -1.31. The van der Waals surface area contributed by atoms with E-state index in [0.29, 0.717) is 6.04 Å². The van der Waals surface area contributed by atoms with E-state index in [1.54, 1.807) is 0 Å². The van der Waals surface area contributed by atoms with Crippen molar-refractivity contribution in [3.8, 4) is 0 Å². The highest BCUT2D eigenvalue weighted by Gasteiger charge is 2.27. The first-order valence-corrected chi connectivity index (χ1v) is 6.33. The minimum atomic E-state index is 0.446. The van der Waals surface area contributed by atoms with Gasteiger partial charge in [0.05, 0.1) is 12.3 Å². The number of rotatable bonds is 1. The molecule has 1 aliphatic heterocycles. The standard InChI is InChI=1S/C14H18N2/c1-2-6-11(7-3-1)14-13-9-5-4-8-12(13)10-15-16-14/h4-5,8-11,14,16H,1-3,6-7H2/t14-/m0/s1. The summed E-state index contributed by atoms with van der Waals surface area (Å²) in [5, 5.41) is 4.30. The van der Waals surface area contributed by atoms with Crippen LogP contribution in [-0.2, 0) is 0 Å². The van der Waals surface area contributed by atoms with E-state index in [4.69, 9.17) is 0 Å². The Morgan fingerprint density at radius 3 is 2.75 bits per heavy atom. The molecule has 1 atom stereocenters. The molecule has 0 saturated heterocycles. The van der Waals surface area contributed by atoms with Gasteiger partial charge in [-0.3, -0.25) is 0 Å². The molecular weight excluding hydrogens is 196 g/mol. The summed E-state index contributed by atoms with van der Waals surface area (Å²) in [6.45, 7) is 0. The second kappa shape index (κ2) is 4.28. The van der Waals surface area contributed by atoms with E-state index in [0.717, 1.165) is 5.92 Å². The van der Waals surface area contributed by atoms with Crippen molar-refractivity contribution < 1.29 is 0 Å². The van der Waals surface area contributed by atoms with Crippen molar-refractivity contribution in [3.05, 3.63) is 35.4 Å². The molecule has 1 saturated carbocycles. The topological polar surface area (TPSA) is 24.4 Å². The highest BCUT2D eigenvalue weighted by molar-refractivity contribution is 5.82. The van der Waals surface area contributed by atoms with Crippen molar-refractivity contribution in [3.63, 3.8) is 0 Å². The molecule has 1 aliphatic carbocycles. The lowest BCUT2D eigenvalue weighted by Gasteiger charge is -2.32. The van der Waals surface area contributed by atoms with Crippen LogP contribution in [0.1, 0.15) is 49.3 Å². The zero-order chi connectivity index (χ0) is 10.8. The molecule has 0 unspecified atom stereocenters. The Morgan fingerprint density at radius 1 is 1.06 bits per heavy atom. The molecule has 2 heteroatoms. The third kappa shape index (κ3) is 1.73. The zero-order valence-corrected chi connectivity index (χ0v) is 9.52. The maximum Gasteiger partial charge on any atom is 0.0723 e. The lowest BCUT2D eigenvalue weighted by Crippen LogP contribution is -2.29. The van der Waals surface area contributed by atoms with Crippen LogP contribution in [0.15, 0.2) is 29.4 Å². The number of hydrogen-bond acceptors (Lipinski definition) is 2. The molecule has 3 rings (SSSR count). The maximum absolute atomic E-state index is 4.30. The molecule has 16 heavy (non-hydrogen) atoms. The van der Waals surface area contributed by atoms with Crippen molar-refractivity contribution >= 4 is 6.21 Å². The Bertz CT molecular complexity index is 391. The zero-order valence-electron chi connectivity index (χ0n) is 9.52. The average molecular weight is 214 g/mol. The Kier molecular flexibility index (Phi) is 2.65. The number of nitrogens with one attached hydrogen (secondary N) is 1. The van der Waals surface area contributed by atoms with Crippen LogP contribution in [0.2, 0.25) is 0 Å². The van der Waals surface area contributed by atoms with E-state index >= 15 is 0 Å². The van der Waals surface area contributed by atoms with Gasteiger partial charge >= 0.3 is 0 Å². The summed E-state index contributed by atoms with van der Waals surface area (Å²) >= 11 is 0. The van der Waals surface area contributed by atoms with Crippen LogP contribution in [0.5, 0.6) is 0 Å². The fraction of sp³-hybridized carbons (Fsp3) is 0.500. The largest absolute Gasteiger partial charge is 0.302 e. The van der Waals surface area contributed by atoms with Crippen molar-refractivity contribution in [2.45, 2.75) is 38.1 Å². The molecule has 2 aliphatic rings. The predicted octanol–water partition coefficient (Wildman–Crippen LogP) is 3.25. The minimum Gasteiger partial charge on any atom is -0.302 e. The second-order valence-electron chi connectivity index (χ2n) is 4.89. The van der Waals surface area contributed by atoms with E-state index in [-0.39, 0.29) is 0 Å². The normalized spacial score (nSPS) is 24.9. The summed E-state index contributed by atoms with van der Waals surface area (Å²) in [5.41, 5.74) is 6.04. The quantitative estimate of drug-likeness (QED) is 0.762. The van der Waals surface area contributed by atoms with Gasteiger partial charge in [0.25, 0.3) is 0 Å². The van der Waals surface area contributed by atoms with Crippen LogP contribution >= 0.6 is 0 Å². The van der Waals surface area contributed by atoms with Crippen LogP contribution in [0.25, 0.3) is 0 Å². The molecule has 2 nitrogen and oxygen atoms in total. The van der Waals surface area contributed by atoms with Gasteiger partial charge in [-0.2, -0.15) is 5.10 Å². The molecule has 84 valence electrons. The first kappa shape index (κ1) is 9.88. The third-order valence-corrected chi connectivity index (χ3v) is 3.87. The summed E-state index contributed by atoms with van der Waals surface area (Å²) in [4.78, 5) is 0. The number of nitrogens with zero attached hydrogens (tertiary/aromatic N) is 1. The molecule has 0 bridgehead atoms. The van der Waals surface area contributed by atoms with Crippen molar-refractivity contribution in [1.82, 2.24) is 5.43 Å². The Labute approximate surface area is 96.8 Å². The molecule has 1 heterocycles. The molecule has 1 aromatic rings. The second-order valence-corrected chi connectivity index (χ2v) is 4.89. The number of hydrogen-bond donors (Lipinski definition) is 1. The maximum atomic E-state index is 4.30. The van der Waals surface area contributed by atoms with Crippen LogP contribution in [-0.4, -0.2) is 6.21 Å². The van der Waals surface area contributed by atoms with E-state index in [9.17, 15) is 0 Å². The molecule has 0 spiro atoms. The summed E-state index contributed by atoms with van der Waals surface area (Å²) in [6.07, 6.45) is 8.81. The molecule has 0 amide bonds. The molecule has 1 fully saturated rings. The fourth-order valence-corrected chi connectivity index (χ4v) is 3.00. The first-order chi connectivity index (χ1) is 7.95. The summed E-state index contributed by atoms with van der Waals surface area (Å²) in [5.74, 6) is 0.771. The van der Waals surface area contributed by atoms with Gasteiger partial charge in [0.1, 0.15) is 0 Å². The first-order valence-electron chi connectivity index (χ1n) is 6.33. The van der Waals surface area contributed by atoms with Crippen molar-refractivity contribution in [2.24, 2.45) is 11.0 Å². The van der Waals surface area contributed by atoms with Gasteiger partial charge < -0.3 is 5.43 Å². The molecular formula is C14H18N2. The smallest absolute Gasteiger partial charge is 0.0723 e. The Morgan fingerprint density at radius 2 is 1.88 bits per heavy atom. The fourth-order valence-electron chi connectivity index (χ4n) is 3.00. The summed E-state index contributed by atoms with van der Waals surface area (Å²) < 4.78 is 0. The van der Waals surface area contributed by atoms with Crippen LogP contribution in [0, 0.1) is 5.92 Å². The van der Waals surface area contributed by atoms with Gasteiger partial charge in [0.15, 0.2) is 0 Å². The van der Waals surface area contributed by atoms with Crippen LogP contribution in [0.3, 0.4) is 0 Å². The van der Waals surface area contributed by atoms with Crippen LogP contribution < -0.4 is 5.43 Å². The number of benzene rings is 1. The van der Waals surface area contributed by atoms with Crippen molar-refractivity contribution in [2.75, 3.05) is 0 Å². The van der Waals surface area contributed by atoms with Gasteiger partial charge in [-0.05, 0) is 29.9 Å². The monoisotopic (exact) mass is 214 g/mol. The van der Waals surface area contributed by atoms with Crippen LogP contribution in [0.4, 0.5) is 0 Å². The SMILES string of the molecule is C1=NN[C@@H](C2CCCCC2)c2ccccc21. The van der Waals surface area contributed by atoms with Gasteiger partial charge in [-0.1, -0.05) is 43.5 Å². The Balaban J connectivity index is 1.88. The van der Waals surface area contributed by atoms with E-state index in [1.165, 1.54) is 43.2 Å². The average Bonchev–Trinajstić information content (AvgIpc) is 2.39. The van der Waals surface area contributed by atoms with E-state index in [1.807, 2.05) is 6.21 Å². The van der Waals surface area contributed by atoms with Crippen molar-refractivity contribution in [1.29, 1.82) is 0 Å². The van der Waals surface area contributed by atoms with Gasteiger partial charge in [0, 0.05) is 0 Å². The summed E-state index contributed by atoms with van der Waals surface area (Å²) in [6, 6.07) is 9.08. The van der Waals surface area contributed by atoms with E-state index < -0.39 is 0 Å². The highest BCUT2D eigenvalue weighted by atomic mass is 15.3. The third-order valence-electron chi connectivity index (χ3n) is 3.87. The van der Waals surface area contributed by atoms with Gasteiger partial charge in [0.2, 0.25) is 0 Å². The lowest BCUT2D eigenvalue weighted by molar-refractivity contribution is 0.272. The van der Waals surface area contributed by atoms with E-state index in [2.05, 4.69) is 34.8 Å². The molecule has 0 radical (unpaired) electrons. The lowest BCUT2D eigenvalue weighted by atomic mass is 9.80. The number of hydrazone groups is 1. The minimum absolute atomic E-state index is 0.446. The molecule has 0 aromatic heterocycles. The number of fused-ring (bicyclic) bond motifs is 1. The van der Waals surface area contributed by atoms with Gasteiger partial charge in [-0.15, -0.1) is 0 Å². The molecule has 1 aromatic carbocycles. The highest BCUT2D eigenvalue weighted by Crippen LogP contribution is 2.36. The van der Waals surface area contributed by atoms with Gasteiger partial charge in [-0.25, -0.2) is 0 Å².